The molecule has 0 bridgehead atoms. The zero-order chi connectivity index (χ0) is 23.2. The van der Waals surface area contributed by atoms with Gasteiger partial charge in [0.2, 0.25) is 5.91 Å². The van der Waals surface area contributed by atoms with E-state index in [9.17, 15) is 14.4 Å². The minimum atomic E-state index is -0.792. The number of nitrogens with one attached hydrogen (secondary N) is 1. The van der Waals surface area contributed by atoms with Gasteiger partial charge < -0.3 is 19.7 Å². The Labute approximate surface area is 176 Å². The van der Waals surface area contributed by atoms with Gasteiger partial charge in [-0.2, -0.15) is 0 Å². The number of alkyl carbamates (subject to hydrolysis) is 1. The smallest absolute Gasteiger partial charge is 0.408 e. The van der Waals surface area contributed by atoms with Crippen molar-refractivity contribution < 1.29 is 23.9 Å². The topological polar surface area (TPSA) is 84.9 Å². The number of likely N-dealkylation sites (N-methyl/N-ethyl adjacent to an activating group) is 1. The van der Waals surface area contributed by atoms with E-state index in [-0.39, 0.29) is 24.5 Å². The highest BCUT2D eigenvalue weighted by Gasteiger charge is 2.38. The molecule has 0 fully saturated rings. The predicted octanol–water partition coefficient (Wildman–Crippen LogP) is 3.92. The molecule has 0 aliphatic rings. The molecule has 0 spiro atoms. The first-order valence-electron chi connectivity index (χ1n) is 10.1. The minimum absolute atomic E-state index is 0.0514. The molecule has 0 aromatic heterocycles. The zero-order valence-electron chi connectivity index (χ0n) is 20.0. The van der Waals surface area contributed by atoms with E-state index in [0.29, 0.717) is 5.57 Å². The molecule has 2 amide bonds. The van der Waals surface area contributed by atoms with E-state index >= 15 is 0 Å². The number of ether oxygens (including phenoxy) is 2. The molecule has 7 nitrogen and oxygen atoms in total. The molecule has 168 valence electrons. The van der Waals surface area contributed by atoms with Crippen LogP contribution in [0.5, 0.6) is 0 Å². The first-order valence-corrected chi connectivity index (χ1v) is 10.1. The fourth-order valence-corrected chi connectivity index (χ4v) is 2.75. The highest BCUT2D eigenvalue weighted by atomic mass is 16.6. The van der Waals surface area contributed by atoms with Crippen molar-refractivity contribution in [2.75, 3.05) is 13.7 Å². The molecule has 0 radical (unpaired) electrons. The molecular formula is C22H40N2O5. The van der Waals surface area contributed by atoms with Crippen LogP contribution in [0.15, 0.2) is 11.6 Å². The number of rotatable bonds is 7. The number of amides is 2. The molecule has 1 N–H and O–H groups in total. The summed E-state index contributed by atoms with van der Waals surface area (Å²) in [5.41, 5.74) is -0.761. The Morgan fingerprint density at radius 2 is 1.59 bits per heavy atom. The standard InChI is InChI=1S/C22H40N2O5/c1-12-28-19(26)15(4)13-16(14(2)3)24(11)18(25)17(21(5,6)7)23-20(27)29-22(8,9)10/h13-14,16-17H,12H2,1-11H3,(H,23,27)/b15-13+. The number of esters is 1. The molecule has 2 atom stereocenters. The molecule has 2 unspecified atom stereocenters. The third kappa shape index (κ3) is 9.33. The molecule has 0 saturated carbocycles. The van der Waals surface area contributed by atoms with Crippen molar-refractivity contribution in [3.8, 4) is 0 Å². The highest BCUT2D eigenvalue weighted by molar-refractivity contribution is 5.89. The second-order valence-corrected chi connectivity index (χ2v) is 9.70. The molecule has 0 aliphatic heterocycles. The molecule has 0 rings (SSSR count). The van der Waals surface area contributed by atoms with Crippen molar-refractivity contribution in [3.63, 3.8) is 0 Å². The molecule has 0 saturated heterocycles. The predicted molar refractivity (Wildman–Crippen MR) is 114 cm³/mol. The van der Waals surface area contributed by atoms with E-state index in [1.165, 1.54) is 0 Å². The third-order valence-corrected chi connectivity index (χ3v) is 4.27. The van der Waals surface area contributed by atoms with Crippen molar-refractivity contribution >= 4 is 18.0 Å². The van der Waals surface area contributed by atoms with Gasteiger partial charge in [-0.25, -0.2) is 9.59 Å². The fraction of sp³-hybridized carbons (Fsp3) is 0.773. The van der Waals surface area contributed by atoms with Crippen LogP contribution in [-0.4, -0.2) is 54.2 Å². The lowest BCUT2D eigenvalue weighted by molar-refractivity contribution is -0.139. The molecule has 0 aromatic rings. The Morgan fingerprint density at radius 1 is 1.07 bits per heavy atom. The molecule has 0 aliphatic carbocycles. The van der Waals surface area contributed by atoms with Crippen molar-refractivity contribution in [1.82, 2.24) is 10.2 Å². The summed E-state index contributed by atoms with van der Waals surface area (Å²) >= 11 is 0. The monoisotopic (exact) mass is 412 g/mol. The second kappa shape index (κ2) is 10.6. The second-order valence-electron chi connectivity index (χ2n) is 9.70. The van der Waals surface area contributed by atoms with Gasteiger partial charge in [0, 0.05) is 12.6 Å². The summed E-state index contributed by atoms with van der Waals surface area (Å²) in [4.78, 5) is 39.2. The van der Waals surface area contributed by atoms with E-state index in [2.05, 4.69) is 5.32 Å². The molecule has 29 heavy (non-hydrogen) atoms. The minimum Gasteiger partial charge on any atom is -0.463 e. The number of carbonyl (C=O) groups excluding carboxylic acids is 3. The number of hydrogen-bond acceptors (Lipinski definition) is 5. The average molecular weight is 413 g/mol. The van der Waals surface area contributed by atoms with Crippen LogP contribution in [0.3, 0.4) is 0 Å². The van der Waals surface area contributed by atoms with Gasteiger partial charge in [-0.1, -0.05) is 40.7 Å². The lowest BCUT2D eigenvalue weighted by Crippen LogP contribution is -2.56. The van der Waals surface area contributed by atoms with Crippen molar-refractivity contribution in [3.05, 3.63) is 11.6 Å². The summed E-state index contributed by atoms with van der Waals surface area (Å²) < 4.78 is 10.4. The summed E-state index contributed by atoms with van der Waals surface area (Å²) in [6.07, 6.45) is 1.10. The summed E-state index contributed by atoms with van der Waals surface area (Å²) in [5, 5.41) is 2.72. The van der Waals surface area contributed by atoms with Gasteiger partial charge in [0.25, 0.3) is 0 Å². The zero-order valence-corrected chi connectivity index (χ0v) is 20.0. The van der Waals surface area contributed by atoms with Crippen LogP contribution >= 0.6 is 0 Å². The maximum Gasteiger partial charge on any atom is 0.408 e. The van der Waals surface area contributed by atoms with Crippen LogP contribution in [0, 0.1) is 11.3 Å². The average Bonchev–Trinajstić information content (AvgIpc) is 2.53. The normalized spacial score (nSPS) is 14.8. The summed E-state index contributed by atoms with van der Waals surface area (Å²) in [6.45, 7) is 18.6. The fourth-order valence-electron chi connectivity index (χ4n) is 2.75. The molecular weight excluding hydrogens is 372 g/mol. The largest absolute Gasteiger partial charge is 0.463 e. The molecule has 7 heteroatoms. The Balaban J connectivity index is 5.71. The van der Waals surface area contributed by atoms with Gasteiger partial charge in [0.05, 0.1) is 12.6 Å². The first kappa shape index (κ1) is 27.0. The maximum atomic E-state index is 13.3. The van der Waals surface area contributed by atoms with Crippen molar-refractivity contribution in [1.29, 1.82) is 0 Å². The lowest BCUT2D eigenvalue weighted by atomic mass is 9.85. The Kier molecular flexibility index (Phi) is 9.90. The SMILES string of the molecule is CCOC(=O)/C(C)=C/C(C(C)C)N(C)C(=O)C(NC(=O)OC(C)(C)C)C(C)(C)C. The van der Waals surface area contributed by atoms with Crippen LogP contribution in [0.1, 0.15) is 69.2 Å². The van der Waals surface area contributed by atoms with Gasteiger partial charge in [0.15, 0.2) is 0 Å². The van der Waals surface area contributed by atoms with Gasteiger partial charge in [0.1, 0.15) is 11.6 Å². The molecule has 0 aromatic carbocycles. The highest BCUT2D eigenvalue weighted by Crippen LogP contribution is 2.24. The van der Waals surface area contributed by atoms with Crippen LogP contribution < -0.4 is 5.32 Å². The first-order chi connectivity index (χ1) is 13.0. The van der Waals surface area contributed by atoms with Crippen LogP contribution in [0.2, 0.25) is 0 Å². The van der Waals surface area contributed by atoms with Gasteiger partial charge in [-0.05, 0) is 46.0 Å². The quantitative estimate of drug-likeness (QED) is 0.506. The van der Waals surface area contributed by atoms with E-state index in [1.807, 2.05) is 34.6 Å². The number of carbonyl (C=O) groups is 3. The van der Waals surface area contributed by atoms with E-state index < -0.39 is 29.1 Å². The van der Waals surface area contributed by atoms with Gasteiger partial charge in [-0.15, -0.1) is 0 Å². The van der Waals surface area contributed by atoms with Crippen LogP contribution in [-0.2, 0) is 19.1 Å². The summed E-state index contributed by atoms with van der Waals surface area (Å²) in [6, 6.07) is -1.13. The lowest BCUT2D eigenvalue weighted by Gasteiger charge is -2.37. The summed E-state index contributed by atoms with van der Waals surface area (Å²) in [7, 11) is 1.68. The van der Waals surface area contributed by atoms with Crippen LogP contribution in [0.25, 0.3) is 0 Å². The number of hydrogen-bond donors (Lipinski definition) is 1. The number of nitrogens with zero attached hydrogens (tertiary/aromatic N) is 1. The molecule has 0 heterocycles. The van der Waals surface area contributed by atoms with E-state index in [0.717, 1.165) is 0 Å². The Bertz CT molecular complexity index is 612. The van der Waals surface area contributed by atoms with Gasteiger partial charge >= 0.3 is 12.1 Å². The Morgan fingerprint density at radius 3 is 1.97 bits per heavy atom. The maximum absolute atomic E-state index is 13.3. The van der Waals surface area contributed by atoms with Crippen molar-refractivity contribution in [2.45, 2.75) is 86.9 Å². The van der Waals surface area contributed by atoms with Gasteiger partial charge in [-0.3, -0.25) is 4.79 Å². The summed E-state index contributed by atoms with van der Waals surface area (Å²) in [5.74, 6) is -0.608. The van der Waals surface area contributed by atoms with Crippen molar-refractivity contribution in [2.24, 2.45) is 11.3 Å². The third-order valence-electron chi connectivity index (χ3n) is 4.27. The van der Waals surface area contributed by atoms with E-state index in [4.69, 9.17) is 9.47 Å². The van der Waals surface area contributed by atoms with E-state index in [1.54, 1.807) is 52.6 Å². The Hall–Kier alpha value is -2.05. The van der Waals surface area contributed by atoms with Crippen LogP contribution in [0.4, 0.5) is 4.79 Å².